The van der Waals surface area contributed by atoms with Crippen LogP contribution in [0.5, 0.6) is 5.75 Å². The molecule has 0 radical (unpaired) electrons. The molecule has 0 saturated carbocycles. The molecule has 0 atom stereocenters. The Morgan fingerprint density at radius 2 is 1.92 bits per heavy atom. The lowest BCUT2D eigenvalue weighted by Gasteiger charge is -2.09. The molecule has 0 aliphatic rings. The Labute approximate surface area is 150 Å². The number of carboxylic acid groups (broad SMARTS) is 1. The van der Waals surface area contributed by atoms with Gasteiger partial charge in [0.25, 0.3) is 0 Å². The molecule has 0 fully saturated rings. The summed E-state index contributed by atoms with van der Waals surface area (Å²) in [6.07, 6.45) is 3.82. The summed E-state index contributed by atoms with van der Waals surface area (Å²) in [7, 11) is 1.65. The average molecular weight is 350 g/mol. The molecule has 0 bridgehead atoms. The Hall–Kier alpha value is -3.48. The van der Waals surface area contributed by atoms with E-state index >= 15 is 0 Å². The van der Waals surface area contributed by atoms with Crippen molar-refractivity contribution in [3.63, 3.8) is 0 Å². The summed E-state index contributed by atoms with van der Waals surface area (Å²) >= 11 is 0. The normalized spacial score (nSPS) is 10.3. The zero-order chi connectivity index (χ0) is 18.4. The molecule has 132 valence electrons. The molecule has 0 unspecified atom stereocenters. The van der Waals surface area contributed by atoms with Crippen LogP contribution in [0.1, 0.15) is 15.9 Å². The molecule has 2 heterocycles. The third-order valence-electron chi connectivity index (χ3n) is 3.79. The molecule has 7 nitrogen and oxygen atoms in total. The molecule has 2 aromatic heterocycles. The first kappa shape index (κ1) is 17.3. The van der Waals surface area contributed by atoms with Crippen molar-refractivity contribution >= 4 is 11.9 Å². The van der Waals surface area contributed by atoms with Gasteiger partial charge in [-0.3, -0.25) is 4.98 Å². The fraction of sp³-hybridized carbons (Fsp3) is 0.158. The molecule has 3 rings (SSSR count). The molecule has 1 aromatic carbocycles. The summed E-state index contributed by atoms with van der Waals surface area (Å²) < 4.78 is 5.34. The van der Waals surface area contributed by atoms with Gasteiger partial charge in [-0.05, 0) is 36.2 Å². The smallest absolute Gasteiger partial charge is 0.335 e. The van der Waals surface area contributed by atoms with Crippen molar-refractivity contribution in [2.75, 3.05) is 19.0 Å². The number of carbonyl (C=O) groups is 1. The van der Waals surface area contributed by atoms with E-state index in [-0.39, 0.29) is 5.56 Å². The van der Waals surface area contributed by atoms with E-state index in [2.05, 4.69) is 20.3 Å². The van der Waals surface area contributed by atoms with Gasteiger partial charge in [0.05, 0.1) is 24.1 Å². The van der Waals surface area contributed by atoms with Crippen molar-refractivity contribution in [1.82, 2.24) is 15.0 Å². The van der Waals surface area contributed by atoms with Crippen LogP contribution in [0.3, 0.4) is 0 Å². The Balaban J connectivity index is 1.70. The monoisotopic (exact) mass is 350 g/mol. The number of pyridine rings is 1. The molecular weight excluding hydrogens is 332 g/mol. The average Bonchev–Trinajstić information content (AvgIpc) is 2.68. The van der Waals surface area contributed by atoms with E-state index in [1.165, 1.54) is 18.3 Å². The number of nitrogens with one attached hydrogen (secondary N) is 1. The van der Waals surface area contributed by atoms with E-state index in [1.54, 1.807) is 19.4 Å². The van der Waals surface area contributed by atoms with Crippen LogP contribution < -0.4 is 10.1 Å². The largest absolute Gasteiger partial charge is 0.496 e. The molecule has 0 spiro atoms. The maximum atomic E-state index is 11.1. The van der Waals surface area contributed by atoms with Crippen molar-refractivity contribution in [3.8, 4) is 17.1 Å². The van der Waals surface area contributed by atoms with Gasteiger partial charge < -0.3 is 15.2 Å². The highest BCUT2D eigenvalue weighted by Gasteiger charge is 2.08. The van der Waals surface area contributed by atoms with Gasteiger partial charge in [0, 0.05) is 18.9 Å². The van der Waals surface area contributed by atoms with Gasteiger partial charge in [0.1, 0.15) is 5.75 Å². The quantitative estimate of drug-likeness (QED) is 0.676. The topological polar surface area (TPSA) is 97.2 Å². The number of carboxylic acids is 1. The number of hydrogen-bond donors (Lipinski definition) is 2. The molecule has 0 amide bonds. The van der Waals surface area contributed by atoms with Crippen LogP contribution in [0.15, 0.2) is 54.9 Å². The number of hydrogen-bond acceptors (Lipinski definition) is 6. The van der Waals surface area contributed by atoms with E-state index in [0.717, 1.165) is 17.7 Å². The molecule has 0 aliphatic carbocycles. The highest BCUT2D eigenvalue weighted by molar-refractivity contribution is 5.88. The number of aromatic carboxylic acids is 1. The minimum Gasteiger partial charge on any atom is -0.496 e. The highest BCUT2D eigenvalue weighted by atomic mass is 16.5. The van der Waals surface area contributed by atoms with Crippen LogP contribution in [0, 0.1) is 0 Å². The third-order valence-corrected chi connectivity index (χ3v) is 3.79. The lowest BCUT2D eigenvalue weighted by Crippen LogP contribution is -2.09. The molecule has 0 saturated heterocycles. The second-order valence-corrected chi connectivity index (χ2v) is 5.49. The Morgan fingerprint density at radius 3 is 2.73 bits per heavy atom. The van der Waals surface area contributed by atoms with Gasteiger partial charge in [0.15, 0.2) is 0 Å². The van der Waals surface area contributed by atoms with Gasteiger partial charge in [0.2, 0.25) is 5.95 Å². The first-order valence-corrected chi connectivity index (χ1v) is 8.06. The minimum atomic E-state index is -1.00. The predicted molar refractivity (Wildman–Crippen MR) is 97.4 cm³/mol. The second kappa shape index (κ2) is 8.06. The zero-order valence-electron chi connectivity index (χ0n) is 14.2. The van der Waals surface area contributed by atoms with Crippen LogP contribution in [-0.4, -0.2) is 39.7 Å². The number of benzene rings is 1. The number of nitrogens with zero attached hydrogens (tertiary/aromatic N) is 3. The molecule has 7 heteroatoms. The number of rotatable bonds is 7. The van der Waals surface area contributed by atoms with E-state index < -0.39 is 5.97 Å². The van der Waals surface area contributed by atoms with Crippen LogP contribution in [-0.2, 0) is 6.42 Å². The van der Waals surface area contributed by atoms with Crippen LogP contribution in [0.25, 0.3) is 11.4 Å². The van der Waals surface area contributed by atoms with E-state index in [1.807, 2.05) is 24.3 Å². The summed E-state index contributed by atoms with van der Waals surface area (Å²) in [4.78, 5) is 23.9. The van der Waals surface area contributed by atoms with Gasteiger partial charge >= 0.3 is 5.97 Å². The molecule has 2 N–H and O–H groups in total. The molecular formula is C19H18N4O3. The molecule has 0 aliphatic heterocycles. The highest BCUT2D eigenvalue weighted by Crippen LogP contribution is 2.19. The fourth-order valence-corrected chi connectivity index (χ4v) is 2.51. The first-order chi connectivity index (χ1) is 12.7. The van der Waals surface area contributed by atoms with Gasteiger partial charge in [-0.2, -0.15) is 0 Å². The standard InChI is InChI=1S/C19H18N4O3/c1-26-17-5-3-2-4-13(17)6-10-21-19-22-11-8-15(23-19)16-12-14(18(24)25)7-9-20-16/h2-5,7-9,11-12H,6,10H2,1H3,(H,24,25)(H,21,22,23). The fourth-order valence-electron chi connectivity index (χ4n) is 2.51. The van der Waals surface area contributed by atoms with E-state index in [9.17, 15) is 4.79 Å². The van der Waals surface area contributed by atoms with Crippen molar-refractivity contribution in [2.45, 2.75) is 6.42 Å². The van der Waals surface area contributed by atoms with Gasteiger partial charge in [-0.1, -0.05) is 18.2 Å². The number of anilines is 1. The van der Waals surface area contributed by atoms with Gasteiger partial charge in [-0.25, -0.2) is 14.8 Å². The number of ether oxygens (including phenoxy) is 1. The van der Waals surface area contributed by atoms with E-state index in [0.29, 0.717) is 23.9 Å². The first-order valence-electron chi connectivity index (χ1n) is 8.06. The molecule has 26 heavy (non-hydrogen) atoms. The zero-order valence-corrected chi connectivity index (χ0v) is 14.2. The lowest BCUT2D eigenvalue weighted by atomic mass is 10.1. The number of methoxy groups -OCH3 is 1. The maximum absolute atomic E-state index is 11.1. The van der Waals surface area contributed by atoms with Crippen molar-refractivity contribution in [2.24, 2.45) is 0 Å². The summed E-state index contributed by atoms with van der Waals surface area (Å²) in [5.41, 5.74) is 2.30. The van der Waals surface area contributed by atoms with Crippen LogP contribution in [0.4, 0.5) is 5.95 Å². The Morgan fingerprint density at radius 1 is 1.12 bits per heavy atom. The summed E-state index contributed by atoms with van der Waals surface area (Å²) in [6.45, 7) is 0.631. The third kappa shape index (κ3) is 4.13. The predicted octanol–water partition coefficient (Wildman–Crippen LogP) is 2.90. The lowest BCUT2D eigenvalue weighted by molar-refractivity contribution is 0.0697. The summed E-state index contributed by atoms with van der Waals surface area (Å²) in [6, 6.07) is 12.5. The van der Waals surface area contributed by atoms with Crippen molar-refractivity contribution in [1.29, 1.82) is 0 Å². The van der Waals surface area contributed by atoms with Crippen molar-refractivity contribution in [3.05, 3.63) is 66.0 Å². The number of aromatic nitrogens is 3. The molecule has 3 aromatic rings. The van der Waals surface area contributed by atoms with Crippen LogP contribution >= 0.6 is 0 Å². The Bertz CT molecular complexity index is 915. The minimum absolute atomic E-state index is 0.166. The van der Waals surface area contributed by atoms with E-state index in [4.69, 9.17) is 9.84 Å². The van der Waals surface area contributed by atoms with Gasteiger partial charge in [-0.15, -0.1) is 0 Å². The van der Waals surface area contributed by atoms with Crippen LogP contribution in [0.2, 0.25) is 0 Å². The SMILES string of the molecule is COc1ccccc1CCNc1nccc(-c2cc(C(=O)O)ccn2)n1. The number of para-hydroxylation sites is 1. The summed E-state index contributed by atoms with van der Waals surface area (Å²) in [5.74, 6) is 0.302. The Kier molecular flexibility index (Phi) is 5.38. The summed E-state index contributed by atoms with van der Waals surface area (Å²) in [5, 5.41) is 12.3. The second-order valence-electron chi connectivity index (χ2n) is 5.49. The maximum Gasteiger partial charge on any atom is 0.335 e. The van der Waals surface area contributed by atoms with Crippen molar-refractivity contribution < 1.29 is 14.6 Å².